The highest BCUT2D eigenvalue weighted by Gasteiger charge is 2.35. The molecule has 0 aliphatic rings. The summed E-state index contributed by atoms with van der Waals surface area (Å²) >= 11 is 12.7. The molecule has 12 heteroatoms. The summed E-state index contributed by atoms with van der Waals surface area (Å²) in [6, 6.07) is 9.16. The van der Waals surface area contributed by atoms with E-state index in [1.54, 1.807) is 25.1 Å². The van der Waals surface area contributed by atoms with Gasteiger partial charge in [-0.2, -0.15) is 12.7 Å². The highest BCUT2D eigenvalue weighted by Crippen LogP contribution is 2.28. The molecule has 8 nitrogen and oxygen atoms in total. The van der Waals surface area contributed by atoms with Gasteiger partial charge >= 0.3 is 10.2 Å². The van der Waals surface area contributed by atoms with Crippen LogP contribution in [0.2, 0.25) is 10.0 Å². The van der Waals surface area contributed by atoms with E-state index in [1.165, 1.54) is 37.2 Å². The largest absolute Gasteiger partial charge is 0.354 e. The highest BCUT2D eigenvalue weighted by atomic mass is 35.5. The first-order chi connectivity index (χ1) is 16.9. The number of carbonyl (C=O) groups excluding carboxylic acids is 2. The number of amides is 2. The monoisotopic (exact) mass is 560 g/mol. The average Bonchev–Trinajstić information content (AvgIpc) is 2.83. The third kappa shape index (κ3) is 7.09. The van der Waals surface area contributed by atoms with Gasteiger partial charge in [-0.05, 0) is 37.1 Å². The molecule has 2 rings (SSSR count). The number of hydrogen-bond acceptors (Lipinski definition) is 4. The number of anilines is 1. The van der Waals surface area contributed by atoms with Crippen LogP contribution in [0.25, 0.3) is 0 Å². The zero-order valence-corrected chi connectivity index (χ0v) is 23.0. The van der Waals surface area contributed by atoms with Crippen LogP contribution in [0.15, 0.2) is 42.5 Å². The molecule has 0 aromatic heterocycles. The number of hydrogen-bond donors (Lipinski definition) is 1. The van der Waals surface area contributed by atoms with Gasteiger partial charge in [-0.1, -0.05) is 55.2 Å². The molecule has 0 fully saturated rings. The van der Waals surface area contributed by atoms with E-state index in [4.69, 9.17) is 23.2 Å². The van der Waals surface area contributed by atoms with Crippen LogP contribution < -0.4 is 9.62 Å². The first kappa shape index (κ1) is 29.8. The molecule has 36 heavy (non-hydrogen) atoms. The quantitative estimate of drug-likeness (QED) is 0.423. The fraction of sp³-hybridized carbons (Fsp3) is 0.417. The van der Waals surface area contributed by atoms with E-state index in [1.807, 2.05) is 6.92 Å². The number of nitrogens with zero attached hydrogens (tertiary/aromatic N) is 3. The Bertz CT molecular complexity index is 1160. The third-order valence-electron chi connectivity index (χ3n) is 5.47. The zero-order valence-electron chi connectivity index (χ0n) is 20.7. The molecule has 0 radical (unpaired) electrons. The maximum Gasteiger partial charge on any atom is 0.304 e. The Labute approximate surface area is 222 Å². The van der Waals surface area contributed by atoms with Crippen LogP contribution in [-0.2, 0) is 26.3 Å². The second-order valence-corrected chi connectivity index (χ2v) is 11.1. The summed E-state index contributed by atoms with van der Waals surface area (Å²) in [6.07, 6.45) is 0.929. The van der Waals surface area contributed by atoms with Gasteiger partial charge in [-0.15, -0.1) is 0 Å². The van der Waals surface area contributed by atoms with Crippen LogP contribution in [0, 0.1) is 5.82 Å². The molecular weight excluding hydrogens is 530 g/mol. The lowest BCUT2D eigenvalue weighted by atomic mass is 10.1. The molecule has 0 saturated heterocycles. The van der Waals surface area contributed by atoms with Gasteiger partial charge in [0.1, 0.15) is 18.4 Å². The summed E-state index contributed by atoms with van der Waals surface area (Å²) < 4.78 is 42.5. The van der Waals surface area contributed by atoms with Crippen molar-refractivity contribution in [2.75, 3.05) is 31.5 Å². The van der Waals surface area contributed by atoms with Crippen molar-refractivity contribution in [1.29, 1.82) is 0 Å². The van der Waals surface area contributed by atoms with E-state index < -0.39 is 40.4 Å². The lowest BCUT2D eigenvalue weighted by Gasteiger charge is -2.34. The van der Waals surface area contributed by atoms with Crippen molar-refractivity contribution in [3.05, 3.63) is 63.9 Å². The van der Waals surface area contributed by atoms with E-state index in [0.717, 1.165) is 10.4 Å². The Kier molecular flexibility index (Phi) is 11.0. The second kappa shape index (κ2) is 13.2. The predicted octanol–water partition coefficient (Wildman–Crippen LogP) is 4.08. The van der Waals surface area contributed by atoms with Crippen molar-refractivity contribution in [3.63, 3.8) is 0 Å². The van der Waals surface area contributed by atoms with E-state index >= 15 is 0 Å². The lowest BCUT2D eigenvalue weighted by Crippen LogP contribution is -2.53. The molecular formula is C24H31Cl2FN4O4S. The van der Waals surface area contributed by atoms with E-state index in [-0.39, 0.29) is 28.7 Å². The Balaban J connectivity index is 2.56. The first-order valence-corrected chi connectivity index (χ1v) is 13.6. The maximum atomic E-state index is 14.7. The number of rotatable bonds is 12. The van der Waals surface area contributed by atoms with Crippen molar-refractivity contribution in [3.8, 4) is 0 Å². The number of benzene rings is 2. The minimum Gasteiger partial charge on any atom is -0.354 e. The van der Waals surface area contributed by atoms with Crippen LogP contribution in [-0.4, -0.2) is 62.7 Å². The Morgan fingerprint density at radius 3 is 2.17 bits per heavy atom. The molecule has 0 saturated carbocycles. The molecule has 2 aromatic carbocycles. The van der Waals surface area contributed by atoms with Gasteiger partial charge in [0, 0.05) is 42.8 Å². The molecule has 1 atom stereocenters. The van der Waals surface area contributed by atoms with Crippen LogP contribution in [0.3, 0.4) is 0 Å². The summed E-state index contributed by atoms with van der Waals surface area (Å²) in [6.45, 7) is 3.13. The molecule has 1 N–H and O–H groups in total. The smallest absolute Gasteiger partial charge is 0.304 e. The maximum absolute atomic E-state index is 14.7. The van der Waals surface area contributed by atoms with Crippen molar-refractivity contribution in [2.24, 2.45) is 0 Å². The first-order valence-electron chi connectivity index (χ1n) is 11.4. The molecule has 198 valence electrons. The molecule has 2 amide bonds. The van der Waals surface area contributed by atoms with Crippen LogP contribution >= 0.6 is 23.2 Å². The number of para-hydroxylation sites is 1. The molecule has 0 aliphatic carbocycles. The summed E-state index contributed by atoms with van der Waals surface area (Å²) in [5, 5.41) is 3.35. The summed E-state index contributed by atoms with van der Waals surface area (Å²) in [7, 11) is -1.71. The minimum absolute atomic E-state index is 0.150. The SMILES string of the molecule is CCCNC(=O)[C@@H](CC)N(Cc1c(Cl)cccc1Cl)C(=O)CN(c1ccccc1F)S(=O)(=O)N(C)C. The standard InChI is InChI=1S/C24H31Cl2FN4O4S/c1-5-14-28-24(33)21(6-2)30(15-17-18(25)10-9-11-19(17)26)23(32)16-31(36(34,35)29(3)4)22-13-8-7-12-20(22)27/h7-13,21H,5-6,14-16H2,1-4H3,(H,28,33)/t21-/m1/s1. The van der Waals surface area contributed by atoms with Gasteiger partial charge in [0.2, 0.25) is 11.8 Å². The van der Waals surface area contributed by atoms with E-state index in [2.05, 4.69) is 5.32 Å². The molecule has 0 aliphatic heterocycles. The predicted molar refractivity (Wildman–Crippen MR) is 141 cm³/mol. The Morgan fingerprint density at radius 1 is 1.03 bits per heavy atom. The van der Waals surface area contributed by atoms with Crippen LogP contribution in [0.1, 0.15) is 32.3 Å². The molecule has 2 aromatic rings. The van der Waals surface area contributed by atoms with Crippen molar-refractivity contribution in [2.45, 2.75) is 39.3 Å². The molecule has 0 spiro atoms. The highest BCUT2D eigenvalue weighted by molar-refractivity contribution is 7.90. The average molecular weight is 562 g/mol. The van der Waals surface area contributed by atoms with Crippen molar-refractivity contribution in [1.82, 2.24) is 14.5 Å². The summed E-state index contributed by atoms with van der Waals surface area (Å²) in [5.41, 5.74) is 0.114. The van der Waals surface area contributed by atoms with Gasteiger partial charge < -0.3 is 10.2 Å². The van der Waals surface area contributed by atoms with E-state index in [9.17, 15) is 22.4 Å². The normalized spacial score (nSPS) is 12.3. The van der Waals surface area contributed by atoms with Gasteiger partial charge in [-0.25, -0.2) is 8.70 Å². The van der Waals surface area contributed by atoms with Crippen LogP contribution in [0.4, 0.5) is 10.1 Å². The van der Waals surface area contributed by atoms with Crippen LogP contribution in [0.5, 0.6) is 0 Å². The molecule has 0 unspecified atom stereocenters. The van der Waals surface area contributed by atoms with Gasteiger partial charge in [0.25, 0.3) is 0 Å². The minimum atomic E-state index is -4.27. The number of carbonyl (C=O) groups is 2. The fourth-order valence-electron chi connectivity index (χ4n) is 3.50. The summed E-state index contributed by atoms with van der Waals surface area (Å²) in [5.74, 6) is -1.94. The zero-order chi connectivity index (χ0) is 27.0. The van der Waals surface area contributed by atoms with Gasteiger partial charge in [0.15, 0.2) is 0 Å². The molecule has 0 bridgehead atoms. The number of nitrogens with one attached hydrogen (secondary N) is 1. The third-order valence-corrected chi connectivity index (χ3v) is 7.98. The Morgan fingerprint density at radius 2 is 1.64 bits per heavy atom. The lowest BCUT2D eigenvalue weighted by molar-refractivity contribution is -0.140. The second-order valence-electron chi connectivity index (χ2n) is 8.19. The van der Waals surface area contributed by atoms with Crippen molar-refractivity contribution >= 4 is 50.9 Å². The molecule has 0 heterocycles. The Hall–Kier alpha value is -2.40. The number of halogens is 3. The van der Waals surface area contributed by atoms with Gasteiger partial charge in [0.05, 0.1) is 5.69 Å². The summed E-state index contributed by atoms with van der Waals surface area (Å²) in [4.78, 5) is 27.9. The fourth-order valence-corrected chi connectivity index (χ4v) is 5.08. The topological polar surface area (TPSA) is 90.0 Å². The van der Waals surface area contributed by atoms with E-state index in [0.29, 0.717) is 22.8 Å². The van der Waals surface area contributed by atoms with Crippen molar-refractivity contribution < 1.29 is 22.4 Å². The van der Waals surface area contributed by atoms with Gasteiger partial charge in [-0.3, -0.25) is 9.59 Å².